The van der Waals surface area contributed by atoms with Gasteiger partial charge in [-0.25, -0.2) is 0 Å². The Morgan fingerprint density at radius 2 is 2.26 bits per heavy atom. The number of thiophene rings is 1. The third-order valence-corrected chi connectivity index (χ3v) is 4.76. The van der Waals surface area contributed by atoms with Crippen molar-refractivity contribution in [2.75, 3.05) is 6.54 Å². The van der Waals surface area contributed by atoms with Crippen molar-refractivity contribution in [2.45, 2.75) is 39.8 Å². The molecule has 2 aromatic rings. The molecule has 102 valence electrons. The summed E-state index contributed by atoms with van der Waals surface area (Å²) < 4.78 is 2.27. The number of hydrogen-bond donors (Lipinski definition) is 1. The molecule has 3 rings (SSSR count). The molecule has 0 saturated carbocycles. The maximum atomic E-state index is 4.22. The molecule has 0 aliphatic carbocycles. The largest absolute Gasteiger partial charge is 0.315 e. The van der Waals surface area contributed by atoms with E-state index in [1.54, 1.807) is 0 Å². The third kappa shape index (κ3) is 2.87. The topological polar surface area (TPSA) is 42.7 Å². The van der Waals surface area contributed by atoms with E-state index in [9.17, 15) is 0 Å². The van der Waals surface area contributed by atoms with Gasteiger partial charge in [0, 0.05) is 35.8 Å². The standard InChI is InChI=1S/C14H20N4S/c1-10-3-5-13(19-10)8-15-7-12-4-6-14-17-16-11(2)18(14)9-12/h3,5,12,15H,4,6-9H2,1-2H3. The lowest BCUT2D eigenvalue weighted by molar-refractivity contribution is 0.344. The molecule has 19 heavy (non-hydrogen) atoms. The highest BCUT2D eigenvalue weighted by Gasteiger charge is 2.20. The zero-order valence-electron chi connectivity index (χ0n) is 11.5. The molecule has 1 aliphatic rings. The molecule has 3 heterocycles. The van der Waals surface area contributed by atoms with Gasteiger partial charge in [0.25, 0.3) is 0 Å². The van der Waals surface area contributed by atoms with Crippen molar-refractivity contribution < 1.29 is 0 Å². The third-order valence-electron chi connectivity index (χ3n) is 3.76. The number of nitrogens with zero attached hydrogens (tertiary/aromatic N) is 3. The lowest BCUT2D eigenvalue weighted by atomic mass is 9.99. The van der Waals surface area contributed by atoms with Gasteiger partial charge < -0.3 is 9.88 Å². The average Bonchev–Trinajstić information content (AvgIpc) is 2.97. The van der Waals surface area contributed by atoms with Crippen molar-refractivity contribution in [3.8, 4) is 0 Å². The molecule has 0 amide bonds. The zero-order chi connectivity index (χ0) is 13.2. The predicted octanol–water partition coefficient (Wildman–Crippen LogP) is 2.31. The highest BCUT2D eigenvalue weighted by Crippen LogP contribution is 2.20. The molecule has 0 bridgehead atoms. The molecule has 0 aromatic carbocycles. The van der Waals surface area contributed by atoms with E-state index in [-0.39, 0.29) is 0 Å². The second kappa shape index (κ2) is 5.43. The van der Waals surface area contributed by atoms with Gasteiger partial charge in [-0.05, 0) is 38.3 Å². The zero-order valence-corrected chi connectivity index (χ0v) is 12.3. The monoisotopic (exact) mass is 276 g/mol. The van der Waals surface area contributed by atoms with Gasteiger partial charge in [-0.15, -0.1) is 21.5 Å². The SMILES string of the molecule is Cc1ccc(CNCC2CCc3nnc(C)n3C2)s1. The number of hydrogen-bond acceptors (Lipinski definition) is 4. The summed E-state index contributed by atoms with van der Waals surface area (Å²) in [5.74, 6) is 2.90. The molecule has 1 N–H and O–H groups in total. The van der Waals surface area contributed by atoms with Crippen LogP contribution < -0.4 is 5.32 Å². The molecule has 0 radical (unpaired) electrons. The molecule has 4 nitrogen and oxygen atoms in total. The quantitative estimate of drug-likeness (QED) is 0.932. The summed E-state index contributed by atoms with van der Waals surface area (Å²) in [6.45, 7) is 7.33. The van der Waals surface area contributed by atoms with Gasteiger partial charge in [0.1, 0.15) is 11.6 Å². The minimum Gasteiger partial charge on any atom is -0.315 e. The maximum absolute atomic E-state index is 4.22. The fourth-order valence-corrected chi connectivity index (χ4v) is 3.54. The van der Waals surface area contributed by atoms with E-state index >= 15 is 0 Å². The Balaban J connectivity index is 1.51. The Morgan fingerprint density at radius 1 is 1.37 bits per heavy atom. The van der Waals surface area contributed by atoms with Crippen molar-refractivity contribution >= 4 is 11.3 Å². The van der Waals surface area contributed by atoms with Crippen LogP contribution in [0, 0.1) is 19.8 Å². The molecule has 1 aliphatic heterocycles. The van der Waals surface area contributed by atoms with E-state index in [4.69, 9.17) is 0 Å². The molecule has 0 saturated heterocycles. The molecular formula is C14H20N4S. The average molecular weight is 276 g/mol. The summed E-state index contributed by atoms with van der Waals surface area (Å²) in [5, 5.41) is 12.0. The van der Waals surface area contributed by atoms with Crippen LogP contribution in [0.25, 0.3) is 0 Å². The molecule has 1 unspecified atom stereocenters. The van der Waals surface area contributed by atoms with Crippen molar-refractivity contribution in [1.82, 2.24) is 20.1 Å². The minimum absolute atomic E-state index is 0.697. The van der Waals surface area contributed by atoms with Crippen LogP contribution in [0.3, 0.4) is 0 Å². The smallest absolute Gasteiger partial charge is 0.133 e. The summed E-state index contributed by atoms with van der Waals surface area (Å²) in [4.78, 5) is 2.81. The van der Waals surface area contributed by atoms with E-state index in [0.29, 0.717) is 5.92 Å². The fraction of sp³-hybridized carbons (Fsp3) is 0.571. The normalized spacial score (nSPS) is 18.5. The second-order valence-electron chi connectivity index (χ2n) is 5.32. The van der Waals surface area contributed by atoms with E-state index in [2.05, 4.69) is 39.1 Å². The van der Waals surface area contributed by atoms with E-state index < -0.39 is 0 Å². The van der Waals surface area contributed by atoms with Crippen molar-refractivity contribution in [3.63, 3.8) is 0 Å². The fourth-order valence-electron chi connectivity index (χ4n) is 2.68. The van der Waals surface area contributed by atoms with Gasteiger partial charge in [-0.2, -0.15) is 0 Å². The van der Waals surface area contributed by atoms with E-state index in [0.717, 1.165) is 37.7 Å². The van der Waals surface area contributed by atoms with Crippen LogP contribution in [0.5, 0.6) is 0 Å². The van der Waals surface area contributed by atoms with Gasteiger partial charge in [0.05, 0.1) is 0 Å². The van der Waals surface area contributed by atoms with E-state index in [1.807, 2.05) is 18.3 Å². The number of fused-ring (bicyclic) bond motifs is 1. The summed E-state index contributed by atoms with van der Waals surface area (Å²) in [6, 6.07) is 4.41. The van der Waals surface area contributed by atoms with Crippen LogP contribution in [0.1, 0.15) is 27.8 Å². The van der Waals surface area contributed by atoms with Gasteiger partial charge in [-0.3, -0.25) is 0 Å². The van der Waals surface area contributed by atoms with Crippen molar-refractivity contribution in [2.24, 2.45) is 5.92 Å². The predicted molar refractivity (Wildman–Crippen MR) is 77.3 cm³/mol. The first kappa shape index (κ1) is 12.8. The molecule has 0 spiro atoms. The van der Waals surface area contributed by atoms with Crippen LogP contribution in [0.2, 0.25) is 0 Å². The highest BCUT2D eigenvalue weighted by molar-refractivity contribution is 7.11. The second-order valence-corrected chi connectivity index (χ2v) is 6.69. The first-order valence-electron chi connectivity index (χ1n) is 6.87. The molecular weight excluding hydrogens is 256 g/mol. The first-order valence-corrected chi connectivity index (χ1v) is 7.69. The van der Waals surface area contributed by atoms with Gasteiger partial charge in [0.15, 0.2) is 0 Å². The van der Waals surface area contributed by atoms with Crippen LogP contribution in [0.15, 0.2) is 12.1 Å². The van der Waals surface area contributed by atoms with Crippen LogP contribution in [0.4, 0.5) is 0 Å². The van der Waals surface area contributed by atoms with Gasteiger partial charge in [-0.1, -0.05) is 0 Å². The first-order chi connectivity index (χ1) is 9.22. The summed E-state index contributed by atoms with van der Waals surface area (Å²) in [7, 11) is 0. The molecule has 0 fully saturated rings. The van der Waals surface area contributed by atoms with E-state index in [1.165, 1.54) is 16.2 Å². The number of aryl methyl sites for hydroxylation is 3. The van der Waals surface area contributed by atoms with Crippen molar-refractivity contribution in [1.29, 1.82) is 0 Å². The lowest BCUT2D eigenvalue weighted by Gasteiger charge is -2.24. The van der Waals surface area contributed by atoms with Gasteiger partial charge in [0.2, 0.25) is 0 Å². The minimum atomic E-state index is 0.697. The van der Waals surface area contributed by atoms with Gasteiger partial charge >= 0.3 is 0 Å². The Bertz CT molecular complexity index is 558. The van der Waals surface area contributed by atoms with Crippen LogP contribution in [-0.4, -0.2) is 21.3 Å². The summed E-state index contributed by atoms with van der Waals surface area (Å²) >= 11 is 1.88. The Kier molecular flexibility index (Phi) is 3.66. The summed E-state index contributed by atoms with van der Waals surface area (Å²) in [6.07, 6.45) is 2.28. The Hall–Kier alpha value is -1.20. The molecule has 2 aromatic heterocycles. The lowest BCUT2D eigenvalue weighted by Crippen LogP contribution is -2.30. The van der Waals surface area contributed by atoms with Crippen LogP contribution in [-0.2, 0) is 19.5 Å². The summed E-state index contributed by atoms with van der Waals surface area (Å²) in [5.41, 5.74) is 0. The number of nitrogens with one attached hydrogen (secondary N) is 1. The molecule has 5 heteroatoms. The number of rotatable bonds is 4. The maximum Gasteiger partial charge on any atom is 0.133 e. The van der Waals surface area contributed by atoms with Crippen LogP contribution >= 0.6 is 11.3 Å². The number of aromatic nitrogens is 3. The molecule has 1 atom stereocenters. The highest BCUT2D eigenvalue weighted by atomic mass is 32.1. The Labute approximate surface area is 117 Å². The van der Waals surface area contributed by atoms with Crippen molar-refractivity contribution in [3.05, 3.63) is 33.5 Å². The Morgan fingerprint density at radius 3 is 3.05 bits per heavy atom.